The van der Waals surface area contributed by atoms with Crippen molar-refractivity contribution < 1.29 is 23.8 Å². The first-order valence-electron chi connectivity index (χ1n) is 11.6. The minimum absolute atomic E-state index is 0.191. The van der Waals surface area contributed by atoms with Crippen LogP contribution in [-0.2, 0) is 15.1 Å². The maximum atomic E-state index is 13.3. The fraction of sp³-hybridized carbons (Fsp3) is 0.481. The van der Waals surface area contributed by atoms with E-state index >= 15 is 0 Å². The van der Waals surface area contributed by atoms with Crippen LogP contribution in [0.25, 0.3) is 0 Å². The van der Waals surface area contributed by atoms with Gasteiger partial charge in [-0.25, -0.2) is 9.59 Å². The number of ether oxygens (including phenoxy) is 3. The Kier molecular flexibility index (Phi) is 7.87. The third kappa shape index (κ3) is 6.08. The SMILES string of the molecule is COc1cccc([C@]2(OC(=O)c3ccccc3)CCN(C(=O)OC(C)(C)C)C[C@H]2CN(C)C)c1. The quantitative estimate of drug-likeness (QED) is 0.579. The van der Waals surface area contributed by atoms with Gasteiger partial charge in [0.1, 0.15) is 17.0 Å². The highest BCUT2D eigenvalue weighted by molar-refractivity contribution is 5.89. The van der Waals surface area contributed by atoms with Crippen LogP contribution < -0.4 is 4.74 Å². The molecule has 0 unspecified atom stereocenters. The summed E-state index contributed by atoms with van der Waals surface area (Å²) in [4.78, 5) is 30.0. The number of likely N-dealkylation sites (tertiary alicyclic amines) is 1. The zero-order chi connectivity index (χ0) is 24.9. The Morgan fingerprint density at radius 3 is 2.41 bits per heavy atom. The van der Waals surface area contributed by atoms with Crippen molar-refractivity contribution >= 4 is 12.1 Å². The van der Waals surface area contributed by atoms with Gasteiger partial charge in [0.15, 0.2) is 0 Å². The first-order valence-corrected chi connectivity index (χ1v) is 11.6. The summed E-state index contributed by atoms with van der Waals surface area (Å²) in [5, 5.41) is 0. The van der Waals surface area contributed by atoms with Crippen molar-refractivity contribution in [3.8, 4) is 5.75 Å². The first kappa shape index (κ1) is 25.6. The predicted octanol–water partition coefficient (Wildman–Crippen LogP) is 4.57. The van der Waals surface area contributed by atoms with E-state index in [1.165, 1.54) is 0 Å². The second-order valence-electron chi connectivity index (χ2n) is 10.0. The normalized spacial score (nSPS) is 20.7. The van der Waals surface area contributed by atoms with E-state index in [1.807, 2.05) is 77.3 Å². The second kappa shape index (κ2) is 10.5. The molecule has 7 nitrogen and oxygen atoms in total. The number of carbonyl (C=O) groups excluding carboxylic acids is 2. The molecule has 2 aromatic carbocycles. The molecular formula is C27H36N2O5. The summed E-state index contributed by atoms with van der Waals surface area (Å²) in [6, 6.07) is 16.6. The van der Waals surface area contributed by atoms with E-state index in [0.29, 0.717) is 37.4 Å². The number of benzene rings is 2. The fourth-order valence-electron chi connectivity index (χ4n) is 4.41. The molecule has 2 aromatic rings. The first-order chi connectivity index (χ1) is 16.0. The van der Waals surface area contributed by atoms with E-state index < -0.39 is 17.2 Å². The average molecular weight is 469 g/mol. The number of piperidine rings is 1. The van der Waals surface area contributed by atoms with Crippen LogP contribution in [-0.4, -0.2) is 68.3 Å². The van der Waals surface area contributed by atoms with E-state index in [4.69, 9.17) is 14.2 Å². The van der Waals surface area contributed by atoms with Crippen LogP contribution in [0.4, 0.5) is 4.79 Å². The van der Waals surface area contributed by atoms with Crippen molar-refractivity contribution in [3.05, 3.63) is 65.7 Å². The third-order valence-corrected chi connectivity index (χ3v) is 5.93. The molecule has 0 spiro atoms. The molecule has 1 aliphatic heterocycles. The number of hydrogen-bond donors (Lipinski definition) is 0. The van der Waals surface area contributed by atoms with Crippen LogP contribution in [0.15, 0.2) is 54.6 Å². The van der Waals surface area contributed by atoms with Crippen molar-refractivity contribution in [2.45, 2.75) is 38.4 Å². The van der Waals surface area contributed by atoms with Gasteiger partial charge in [0.2, 0.25) is 0 Å². The smallest absolute Gasteiger partial charge is 0.410 e. The standard InChI is InChI=1S/C27H36N2O5/c1-26(2,3)34-25(31)29-16-15-27(22(19-29)18-28(4)5,21-13-10-14-23(17-21)32-6)33-24(30)20-11-8-7-9-12-20/h7-14,17,22H,15-16,18-19H2,1-6H3/t22-,27-/m1/s1. The van der Waals surface area contributed by atoms with Gasteiger partial charge in [-0.1, -0.05) is 30.3 Å². The van der Waals surface area contributed by atoms with Crippen LogP contribution in [0.1, 0.15) is 43.1 Å². The van der Waals surface area contributed by atoms with E-state index in [9.17, 15) is 9.59 Å². The number of hydrogen-bond acceptors (Lipinski definition) is 6. The molecule has 184 valence electrons. The molecule has 1 heterocycles. The van der Waals surface area contributed by atoms with Crippen LogP contribution >= 0.6 is 0 Å². The van der Waals surface area contributed by atoms with Crippen molar-refractivity contribution in [2.24, 2.45) is 5.92 Å². The number of rotatable bonds is 6. The molecule has 7 heteroatoms. The molecule has 0 aromatic heterocycles. The summed E-state index contributed by atoms with van der Waals surface area (Å²) in [5.41, 5.74) is -0.186. The Morgan fingerprint density at radius 2 is 1.79 bits per heavy atom. The van der Waals surface area contributed by atoms with Gasteiger partial charge in [-0.2, -0.15) is 0 Å². The molecular weight excluding hydrogens is 432 g/mol. The van der Waals surface area contributed by atoms with Crippen LogP contribution in [0, 0.1) is 5.92 Å². The van der Waals surface area contributed by atoms with Crippen molar-refractivity contribution in [1.29, 1.82) is 0 Å². The molecule has 1 amide bonds. The number of esters is 1. The lowest BCUT2D eigenvalue weighted by molar-refractivity contribution is -0.0987. The third-order valence-electron chi connectivity index (χ3n) is 5.93. The van der Waals surface area contributed by atoms with E-state index in [1.54, 1.807) is 24.1 Å². The highest BCUT2D eigenvalue weighted by atomic mass is 16.6. The molecule has 0 aliphatic carbocycles. The Bertz CT molecular complexity index is 986. The van der Waals surface area contributed by atoms with Gasteiger partial charge >= 0.3 is 12.1 Å². The molecule has 1 saturated heterocycles. The Morgan fingerprint density at radius 1 is 1.09 bits per heavy atom. The van der Waals surface area contributed by atoms with Gasteiger partial charge < -0.3 is 24.0 Å². The number of amides is 1. The molecule has 34 heavy (non-hydrogen) atoms. The Hall–Kier alpha value is -3.06. The van der Waals surface area contributed by atoms with Crippen molar-refractivity contribution in [1.82, 2.24) is 9.80 Å². The van der Waals surface area contributed by atoms with Gasteiger partial charge in [-0.15, -0.1) is 0 Å². The lowest BCUT2D eigenvalue weighted by Crippen LogP contribution is -2.56. The van der Waals surface area contributed by atoms with Crippen LogP contribution in [0.3, 0.4) is 0 Å². The van der Waals surface area contributed by atoms with E-state index in [0.717, 1.165) is 5.56 Å². The maximum Gasteiger partial charge on any atom is 0.410 e. The zero-order valence-electron chi connectivity index (χ0n) is 21.0. The minimum atomic E-state index is -0.940. The zero-order valence-corrected chi connectivity index (χ0v) is 21.0. The topological polar surface area (TPSA) is 68.3 Å². The largest absolute Gasteiger partial charge is 0.497 e. The number of methoxy groups -OCH3 is 1. The van der Waals surface area contributed by atoms with Gasteiger partial charge in [0, 0.05) is 32.0 Å². The summed E-state index contributed by atoms with van der Waals surface area (Å²) in [6.07, 6.45) is 0.0844. The van der Waals surface area contributed by atoms with E-state index in [2.05, 4.69) is 4.90 Å². The summed E-state index contributed by atoms with van der Waals surface area (Å²) >= 11 is 0. The molecule has 0 radical (unpaired) electrons. The van der Waals surface area contributed by atoms with Crippen LogP contribution in [0.2, 0.25) is 0 Å². The Labute approximate surface area is 202 Å². The summed E-state index contributed by atoms with van der Waals surface area (Å²) in [5.74, 6) is 0.104. The van der Waals surface area contributed by atoms with Crippen molar-refractivity contribution in [3.63, 3.8) is 0 Å². The minimum Gasteiger partial charge on any atom is -0.497 e. The number of carbonyl (C=O) groups is 2. The summed E-state index contributed by atoms with van der Waals surface area (Å²) in [6.45, 7) is 6.97. The van der Waals surface area contributed by atoms with Gasteiger partial charge in [0.05, 0.1) is 12.7 Å². The van der Waals surface area contributed by atoms with E-state index in [-0.39, 0.29) is 12.0 Å². The van der Waals surface area contributed by atoms with Gasteiger partial charge in [-0.05, 0) is 64.7 Å². The summed E-state index contributed by atoms with van der Waals surface area (Å²) < 4.78 is 17.5. The fourth-order valence-corrected chi connectivity index (χ4v) is 4.41. The maximum absolute atomic E-state index is 13.3. The van der Waals surface area contributed by atoms with Gasteiger partial charge in [0.25, 0.3) is 0 Å². The number of nitrogens with zero attached hydrogens (tertiary/aromatic N) is 2. The monoisotopic (exact) mass is 468 g/mol. The molecule has 1 fully saturated rings. The highest BCUT2D eigenvalue weighted by Gasteiger charge is 2.49. The molecule has 3 rings (SSSR count). The molecule has 0 saturated carbocycles. The molecule has 2 atom stereocenters. The lowest BCUT2D eigenvalue weighted by Gasteiger charge is -2.48. The molecule has 0 bridgehead atoms. The summed E-state index contributed by atoms with van der Waals surface area (Å²) in [7, 11) is 5.56. The second-order valence-corrected chi connectivity index (χ2v) is 10.0. The molecule has 1 aliphatic rings. The Balaban J connectivity index is 2.02. The highest BCUT2D eigenvalue weighted by Crippen LogP contribution is 2.43. The lowest BCUT2D eigenvalue weighted by atomic mass is 9.75. The van der Waals surface area contributed by atoms with Crippen molar-refractivity contribution in [2.75, 3.05) is 40.8 Å². The average Bonchev–Trinajstić information content (AvgIpc) is 2.79. The predicted molar refractivity (Wildman–Crippen MR) is 131 cm³/mol. The molecule has 0 N–H and O–H groups in total. The van der Waals surface area contributed by atoms with Crippen LogP contribution in [0.5, 0.6) is 5.75 Å². The van der Waals surface area contributed by atoms with Gasteiger partial charge in [-0.3, -0.25) is 0 Å².